The highest BCUT2D eigenvalue weighted by molar-refractivity contribution is 7.81. The summed E-state index contributed by atoms with van der Waals surface area (Å²) in [6.07, 6.45) is 2.18. The fourth-order valence-corrected chi connectivity index (χ4v) is 3.20. The van der Waals surface area contributed by atoms with Crippen LogP contribution in [-0.2, 0) is 9.47 Å². The minimum atomic E-state index is 0.730. The van der Waals surface area contributed by atoms with Gasteiger partial charge in [-0.1, -0.05) is 24.4 Å². The Balaban J connectivity index is 1.86. The Labute approximate surface area is 148 Å². The highest BCUT2D eigenvalue weighted by atomic mass is 32.1. The van der Waals surface area contributed by atoms with E-state index in [0.29, 0.717) is 0 Å². The van der Waals surface area contributed by atoms with E-state index < -0.39 is 0 Å². The van der Waals surface area contributed by atoms with Gasteiger partial charge in [-0.25, -0.2) is 0 Å². The fourth-order valence-electron chi connectivity index (χ4n) is 2.85. The molecule has 0 amide bonds. The first-order valence-electron chi connectivity index (χ1n) is 8.33. The van der Waals surface area contributed by atoms with Crippen molar-refractivity contribution in [1.82, 2.24) is 9.80 Å². The van der Waals surface area contributed by atoms with Crippen LogP contribution in [-0.4, -0.2) is 74.5 Å². The van der Waals surface area contributed by atoms with Crippen LogP contribution in [0, 0.1) is 0 Å². The van der Waals surface area contributed by atoms with Gasteiger partial charge in [0.15, 0.2) is 0 Å². The van der Waals surface area contributed by atoms with Gasteiger partial charge >= 0.3 is 0 Å². The van der Waals surface area contributed by atoms with E-state index in [1.807, 2.05) is 12.1 Å². The Bertz CT molecular complexity index is 576. The molecule has 0 N–H and O–H groups in total. The van der Waals surface area contributed by atoms with Gasteiger partial charge in [0.1, 0.15) is 10.7 Å². The van der Waals surface area contributed by atoms with Crippen LogP contribution in [0.15, 0.2) is 30.5 Å². The van der Waals surface area contributed by atoms with E-state index in [-0.39, 0.29) is 0 Å². The van der Waals surface area contributed by atoms with Gasteiger partial charge in [-0.2, -0.15) is 0 Å². The Hall–Kier alpha value is -1.63. The standard InChI is InChI=1S/C18H24N2O3S/c1-21-16-4-2-15(3-5-16)17(14-19-6-10-22-11-7-19)18(24)20-8-12-23-13-9-20/h2-5,14H,6-13H2,1H3/b17-14+. The summed E-state index contributed by atoms with van der Waals surface area (Å²) in [5.41, 5.74) is 2.19. The number of ether oxygens (including phenoxy) is 3. The zero-order valence-electron chi connectivity index (χ0n) is 14.1. The topological polar surface area (TPSA) is 34.2 Å². The normalized spacial score (nSPS) is 19.3. The lowest BCUT2D eigenvalue weighted by molar-refractivity contribution is 0.0595. The molecule has 2 fully saturated rings. The third-order valence-electron chi connectivity index (χ3n) is 4.29. The summed E-state index contributed by atoms with van der Waals surface area (Å²) in [6.45, 7) is 6.45. The molecule has 2 aliphatic rings. The van der Waals surface area contributed by atoms with Crippen molar-refractivity contribution in [3.63, 3.8) is 0 Å². The largest absolute Gasteiger partial charge is 0.497 e. The summed E-state index contributed by atoms with van der Waals surface area (Å²) in [5, 5.41) is 0. The molecule has 2 saturated heterocycles. The first-order valence-corrected chi connectivity index (χ1v) is 8.74. The number of nitrogens with zero attached hydrogens (tertiary/aromatic N) is 2. The van der Waals surface area contributed by atoms with Crippen molar-refractivity contribution < 1.29 is 14.2 Å². The van der Waals surface area contributed by atoms with Crippen molar-refractivity contribution in [2.45, 2.75) is 0 Å². The number of methoxy groups -OCH3 is 1. The molecule has 0 saturated carbocycles. The first-order chi connectivity index (χ1) is 11.8. The SMILES string of the molecule is COc1ccc(/C(=C\N2CCOCC2)C(=S)N2CCOCC2)cc1. The molecule has 0 bridgehead atoms. The average Bonchev–Trinajstić information content (AvgIpc) is 2.67. The number of morpholine rings is 2. The molecule has 6 heteroatoms. The van der Waals surface area contributed by atoms with Crippen molar-refractivity contribution in [3.8, 4) is 5.75 Å². The van der Waals surface area contributed by atoms with Crippen molar-refractivity contribution in [2.24, 2.45) is 0 Å². The zero-order valence-corrected chi connectivity index (χ0v) is 14.9. The first kappa shape index (κ1) is 17.2. The van der Waals surface area contributed by atoms with Gasteiger partial charge in [-0.15, -0.1) is 0 Å². The van der Waals surface area contributed by atoms with E-state index in [1.54, 1.807) is 7.11 Å². The summed E-state index contributed by atoms with van der Waals surface area (Å²) in [4.78, 5) is 5.40. The van der Waals surface area contributed by atoms with E-state index in [9.17, 15) is 0 Å². The summed E-state index contributed by atoms with van der Waals surface area (Å²) < 4.78 is 16.2. The van der Waals surface area contributed by atoms with Crippen molar-refractivity contribution in [1.29, 1.82) is 0 Å². The molecule has 5 nitrogen and oxygen atoms in total. The molecule has 2 heterocycles. The van der Waals surface area contributed by atoms with Crippen molar-refractivity contribution in [2.75, 3.05) is 59.7 Å². The molecule has 0 unspecified atom stereocenters. The number of hydrogen-bond donors (Lipinski definition) is 0. The minimum Gasteiger partial charge on any atom is -0.497 e. The fraction of sp³-hybridized carbons (Fsp3) is 0.500. The van der Waals surface area contributed by atoms with Gasteiger partial charge in [0.25, 0.3) is 0 Å². The second-order valence-corrected chi connectivity index (χ2v) is 6.21. The summed E-state index contributed by atoms with van der Waals surface area (Å²) in [6, 6.07) is 8.09. The summed E-state index contributed by atoms with van der Waals surface area (Å²) in [7, 11) is 1.68. The number of rotatable bonds is 4. The second kappa shape index (κ2) is 8.46. The van der Waals surface area contributed by atoms with Crippen molar-refractivity contribution in [3.05, 3.63) is 36.0 Å². The molecule has 0 aliphatic carbocycles. The van der Waals surface area contributed by atoms with Crippen LogP contribution in [0.25, 0.3) is 5.57 Å². The molecular formula is C18H24N2O3S. The zero-order chi connectivity index (χ0) is 16.8. The third-order valence-corrected chi connectivity index (χ3v) is 4.77. The van der Waals surface area contributed by atoms with E-state index in [1.165, 1.54) is 0 Å². The lowest BCUT2D eigenvalue weighted by Crippen LogP contribution is -2.41. The molecule has 130 valence electrons. The van der Waals surface area contributed by atoms with Gasteiger partial charge in [0.2, 0.25) is 0 Å². The highest BCUT2D eigenvalue weighted by Gasteiger charge is 2.20. The lowest BCUT2D eigenvalue weighted by atomic mass is 10.1. The van der Waals surface area contributed by atoms with Crippen molar-refractivity contribution >= 4 is 22.8 Å². The van der Waals surface area contributed by atoms with Gasteiger partial charge in [-0.05, 0) is 17.7 Å². The maximum Gasteiger partial charge on any atom is 0.118 e. The minimum absolute atomic E-state index is 0.730. The number of thiocarbonyl (C=S) groups is 1. The van der Waals surface area contributed by atoms with Gasteiger partial charge in [0.05, 0.1) is 33.5 Å². The smallest absolute Gasteiger partial charge is 0.118 e. The van der Waals surface area contributed by atoms with Crippen LogP contribution in [0.2, 0.25) is 0 Å². The highest BCUT2D eigenvalue weighted by Crippen LogP contribution is 2.23. The molecule has 1 aromatic carbocycles. The van der Waals surface area contributed by atoms with Crippen LogP contribution < -0.4 is 4.74 Å². The second-order valence-electron chi connectivity index (χ2n) is 5.82. The molecular weight excluding hydrogens is 324 g/mol. The molecule has 0 spiro atoms. The molecule has 1 aromatic rings. The van der Waals surface area contributed by atoms with Crippen LogP contribution in [0.4, 0.5) is 0 Å². The maximum absolute atomic E-state index is 5.82. The van der Waals surface area contributed by atoms with E-state index in [4.69, 9.17) is 26.4 Å². The van der Waals surface area contributed by atoms with Gasteiger partial charge in [-0.3, -0.25) is 0 Å². The van der Waals surface area contributed by atoms with E-state index >= 15 is 0 Å². The van der Waals surface area contributed by atoms with Gasteiger partial charge in [0, 0.05) is 38.0 Å². The van der Waals surface area contributed by atoms with E-state index in [0.717, 1.165) is 74.5 Å². The lowest BCUT2D eigenvalue weighted by Gasteiger charge is -2.32. The molecule has 0 radical (unpaired) electrons. The predicted molar refractivity (Wildman–Crippen MR) is 98.4 cm³/mol. The average molecular weight is 348 g/mol. The maximum atomic E-state index is 5.82. The number of hydrogen-bond acceptors (Lipinski definition) is 5. The quantitative estimate of drug-likeness (QED) is 0.612. The van der Waals surface area contributed by atoms with Crippen LogP contribution in [0.5, 0.6) is 5.75 Å². The Morgan fingerprint density at radius 2 is 1.58 bits per heavy atom. The van der Waals surface area contributed by atoms with E-state index in [2.05, 4.69) is 28.1 Å². The third kappa shape index (κ3) is 4.26. The summed E-state index contributed by atoms with van der Waals surface area (Å²) >= 11 is 5.82. The Morgan fingerprint density at radius 1 is 1.00 bits per heavy atom. The van der Waals surface area contributed by atoms with Gasteiger partial charge < -0.3 is 24.0 Å². The molecule has 0 aromatic heterocycles. The predicted octanol–water partition coefficient (Wildman–Crippen LogP) is 2.03. The molecule has 3 rings (SSSR count). The molecule has 0 atom stereocenters. The summed E-state index contributed by atoms with van der Waals surface area (Å²) in [5.74, 6) is 0.849. The van der Waals surface area contributed by atoms with Crippen LogP contribution in [0.1, 0.15) is 5.56 Å². The Morgan fingerprint density at radius 3 is 2.17 bits per heavy atom. The van der Waals surface area contributed by atoms with Crippen LogP contribution in [0.3, 0.4) is 0 Å². The molecule has 24 heavy (non-hydrogen) atoms. The number of benzene rings is 1. The monoisotopic (exact) mass is 348 g/mol. The van der Waals surface area contributed by atoms with Crippen LogP contribution >= 0.6 is 12.2 Å². The molecule has 2 aliphatic heterocycles. The Kier molecular flexibility index (Phi) is 6.07.